The number of nitriles is 1. The first kappa shape index (κ1) is 25.4. The molecule has 1 aliphatic rings. The van der Waals surface area contributed by atoms with E-state index in [1.165, 1.54) is 0 Å². The number of carbonyl (C=O) groups is 1. The van der Waals surface area contributed by atoms with Gasteiger partial charge in [0.2, 0.25) is 0 Å². The van der Waals surface area contributed by atoms with Crippen LogP contribution in [0.1, 0.15) is 21.6 Å². The summed E-state index contributed by atoms with van der Waals surface area (Å²) in [4.78, 5) is 17.3. The SMILES string of the molecule is Cc1c(C(=O)Nc2ccc(N3CCN(CCO)CC3)c(C#N)c2)cnn1-c1ccc(Br)cc1.O. The maximum absolute atomic E-state index is 12.9. The number of aliphatic hydroxyl groups is 1. The van der Waals surface area contributed by atoms with Gasteiger partial charge in [0.15, 0.2) is 0 Å². The number of piperazine rings is 1. The Morgan fingerprint density at radius 3 is 2.53 bits per heavy atom. The van der Waals surface area contributed by atoms with Crippen molar-refractivity contribution in [1.29, 1.82) is 5.26 Å². The van der Waals surface area contributed by atoms with Gasteiger partial charge in [-0.2, -0.15) is 10.4 Å². The highest BCUT2D eigenvalue weighted by Gasteiger charge is 2.20. The Kier molecular flexibility index (Phi) is 8.41. The van der Waals surface area contributed by atoms with E-state index in [1.54, 1.807) is 16.9 Å². The number of nitrogens with zero attached hydrogens (tertiary/aromatic N) is 5. The fourth-order valence-electron chi connectivity index (χ4n) is 4.01. The summed E-state index contributed by atoms with van der Waals surface area (Å²) < 4.78 is 2.69. The van der Waals surface area contributed by atoms with Gasteiger partial charge in [-0.3, -0.25) is 9.69 Å². The summed E-state index contributed by atoms with van der Waals surface area (Å²) in [6.07, 6.45) is 1.55. The summed E-state index contributed by atoms with van der Waals surface area (Å²) in [6, 6.07) is 15.4. The van der Waals surface area contributed by atoms with Crippen LogP contribution >= 0.6 is 15.9 Å². The topological polar surface area (TPSA) is 129 Å². The van der Waals surface area contributed by atoms with Gasteiger partial charge in [0.1, 0.15) is 6.07 Å². The zero-order chi connectivity index (χ0) is 23.4. The molecule has 2 heterocycles. The zero-order valence-corrected chi connectivity index (χ0v) is 20.4. The number of aliphatic hydroxyl groups excluding tert-OH is 1. The lowest BCUT2D eigenvalue weighted by Crippen LogP contribution is -2.47. The molecule has 1 amide bonds. The van der Waals surface area contributed by atoms with Gasteiger partial charge in [0, 0.05) is 42.9 Å². The molecule has 1 aromatic heterocycles. The van der Waals surface area contributed by atoms with Gasteiger partial charge in [-0.1, -0.05) is 15.9 Å². The van der Waals surface area contributed by atoms with Crippen LogP contribution in [0.25, 0.3) is 5.69 Å². The van der Waals surface area contributed by atoms with E-state index < -0.39 is 0 Å². The second-order valence-electron chi connectivity index (χ2n) is 7.88. The van der Waals surface area contributed by atoms with Crippen LogP contribution in [0.3, 0.4) is 0 Å². The first-order valence-electron chi connectivity index (χ1n) is 10.7. The molecule has 4 rings (SSSR count). The van der Waals surface area contributed by atoms with Gasteiger partial charge < -0.3 is 20.8 Å². The number of β-amino-alcohol motifs (C(OH)–C–C–N with tert-alkyl or cyclic N) is 1. The second-order valence-corrected chi connectivity index (χ2v) is 8.80. The van der Waals surface area contributed by atoms with Crippen LogP contribution in [0.2, 0.25) is 0 Å². The molecule has 0 radical (unpaired) electrons. The lowest BCUT2D eigenvalue weighted by atomic mass is 10.1. The zero-order valence-electron chi connectivity index (χ0n) is 18.8. The number of benzene rings is 2. The maximum atomic E-state index is 12.9. The molecule has 1 aliphatic heterocycles. The third-order valence-electron chi connectivity index (χ3n) is 5.83. The molecule has 9 nitrogen and oxygen atoms in total. The minimum atomic E-state index is -0.273. The van der Waals surface area contributed by atoms with Gasteiger partial charge in [0.05, 0.1) is 41.0 Å². The number of carbonyl (C=O) groups excluding carboxylic acids is 1. The van der Waals surface area contributed by atoms with Crippen molar-refractivity contribution in [1.82, 2.24) is 14.7 Å². The minimum absolute atomic E-state index is 0. The molecule has 3 aromatic rings. The van der Waals surface area contributed by atoms with Crippen LogP contribution in [0.4, 0.5) is 11.4 Å². The molecule has 0 unspecified atom stereocenters. The molecule has 2 aromatic carbocycles. The molecular weight excluding hydrogens is 500 g/mol. The summed E-state index contributed by atoms with van der Waals surface area (Å²) in [5.41, 5.74) is 4.01. The quantitative estimate of drug-likeness (QED) is 0.507. The van der Waals surface area contributed by atoms with Crippen LogP contribution in [0, 0.1) is 18.3 Å². The predicted molar refractivity (Wildman–Crippen MR) is 134 cm³/mol. The van der Waals surface area contributed by atoms with Crippen molar-refractivity contribution in [2.24, 2.45) is 0 Å². The van der Waals surface area contributed by atoms with E-state index in [9.17, 15) is 10.1 Å². The number of hydrogen-bond donors (Lipinski definition) is 2. The first-order chi connectivity index (χ1) is 16.0. The highest BCUT2D eigenvalue weighted by molar-refractivity contribution is 9.10. The number of amides is 1. The van der Waals surface area contributed by atoms with E-state index in [4.69, 9.17) is 5.11 Å². The molecule has 178 valence electrons. The molecule has 0 aliphatic carbocycles. The molecule has 0 atom stereocenters. The number of halogens is 1. The largest absolute Gasteiger partial charge is 0.412 e. The normalized spacial score (nSPS) is 13.8. The Hall–Kier alpha value is -3.23. The van der Waals surface area contributed by atoms with Crippen molar-refractivity contribution in [3.8, 4) is 11.8 Å². The average Bonchev–Trinajstić information content (AvgIpc) is 3.21. The number of anilines is 2. The van der Waals surface area contributed by atoms with Crippen molar-refractivity contribution in [2.45, 2.75) is 6.92 Å². The van der Waals surface area contributed by atoms with Gasteiger partial charge in [-0.15, -0.1) is 0 Å². The van der Waals surface area contributed by atoms with Gasteiger partial charge >= 0.3 is 0 Å². The van der Waals surface area contributed by atoms with Crippen molar-refractivity contribution in [3.05, 3.63) is 70.0 Å². The summed E-state index contributed by atoms with van der Waals surface area (Å²) in [7, 11) is 0. The van der Waals surface area contributed by atoms with Gasteiger partial charge in [-0.25, -0.2) is 4.68 Å². The molecule has 0 bridgehead atoms. The Balaban J connectivity index is 0.00000324. The van der Waals surface area contributed by atoms with Gasteiger partial charge in [-0.05, 0) is 49.4 Å². The third-order valence-corrected chi connectivity index (χ3v) is 6.36. The van der Waals surface area contributed by atoms with Crippen LogP contribution in [-0.2, 0) is 0 Å². The Labute approximate surface area is 206 Å². The fraction of sp³-hybridized carbons (Fsp3) is 0.292. The minimum Gasteiger partial charge on any atom is -0.412 e. The van der Waals surface area contributed by atoms with E-state index in [2.05, 4.69) is 42.2 Å². The highest BCUT2D eigenvalue weighted by Crippen LogP contribution is 2.26. The predicted octanol–water partition coefficient (Wildman–Crippen LogP) is 2.36. The maximum Gasteiger partial charge on any atom is 0.259 e. The van der Waals surface area contributed by atoms with Crippen LogP contribution in [-0.4, -0.2) is 70.5 Å². The molecule has 0 saturated carbocycles. The van der Waals surface area contributed by atoms with Gasteiger partial charge in [0.25, 0.3) is 5.91 Å². The number of rotatable bonds is 6. The highest BCUT2D eigenvalue weighted by atomic mass is 79.9. The molecular formula is C24H27BrN6O3. The summed E-state index contributed by atoms with van der Waals surface area (Å²) in [5, 5.41) is 26.1. The summed E-state index contributed by atoms with van der Waals surface area (Å²) in [5.74, 6) is -0.273. The van der Waals surface area contributed by atoms with E-state index in [-0.39, 0.29) is 18.0 Å². The number of hydrogen-bond acceptors (Lipinski definition) is 6. The monoisotopic (exact) mass is 526 g/mol. The van der Waals surface area contributed by atoms with E-state index in [0.29, 0.717) is 23.4 Å². The van der Waals surface area contributed by atoms with Crippen molar-refractivity contribution >= 4 is 33.2 Å². The number of aromatic nitrogens is 2. The van der Waals surface area contributed by atoms with Crippen molar-refractivity contribution in [2.75, 3.05) is 49.5 Å². The Morgan fingerprint density at radius 1 is 1.18 bits per heavy atom. The molecule has 34 heavy (non-hydrogen) atoms. The lowest BCUT2D eigenvalue weighted by Gasteiger charge is -2.36. The third kappa shape index (κ3) is 5.46. The molecule has 10 heteroatoms. The average molecular weight is 527 g/mol. The fourth-order valence-corrected chi connectivity index (χ4v) is 4.27. The molecule has 4 N–H and O–H groups in total. The van der Waals surface area contributed by atoms with Crippen LogP contribution in [0.5, 0.6) is 0 Å². The van der Waals surface area contributed by atoms with E-state index >= 15 is 0 Å². The molecule has 1 fully saturated rings. The van der Waals surface area contributed by atoms with Crippen LogP contribution in [0.15, 0.2) is 53.1 Å². The summed E-state index contributed by atoms with van der Waals surface area (Å²) in [6.45, 7) is 5.92. The van der Waals surface area contributed by atoms with Crippen LogP contribution < -0.4 is 10.2 Å². The summed E-state index contributed by atoms with van der Waals surface area (Å²) >= 11 is 3.42. The second kappa shape index (κ2) is 11.3. The van der Waals surface area contributed by atoms with Crippen molar-refractivity contribution in [3.63, 3.8) is 0 Å². The van der Waals surface area contributed by atoms with E-state index in [1.807, 2.05) is 43.3 Å². The standard InChI is InChI=1S/C24H25BrN6O2.H2O/c1-17-22(16-27-31(17)21-5-2-19(25)3-6-21)24(33)28-20-4-7-23(18(14-20)15-26)30-10-8-29(9-11-30)12-13-32;/h2-7,14,16,32H,8-13H2,1H3,(H,28,33);1H2. The molecule has 0 spiro atoms. The molecule has 1 saturated heterocycles. The number of nitrogens with one attached hydrogen (secondary N) is 1. The van der Waals surface area contributed by atoms with Crippen molar-refractivity contribution < 1.29 is 15.4 Å². The van der Waals surface area contributed by atoms with E-state index in [0.717, 1.165) is 47.7 Å². The lowest BCUT2D eigenvalue weighted by molar-refractivity contribution is 0.102. The Bertz CT molecular complexity index is 1180. The Morgan fingerprint density at radius 2 is 1.88 bits per heavy atom. The first-order valence-corrected chi connectivity index (χ1v) is 11.5. The smallest absolute Gasteiger partial charge is 0.259 e.